The highest BCUT2D eigenvalue weighted by Gasteiger charge is 2.50. The lowest BCUT2D eigenvalue weighted by molar-refractivity contribution is 0.590. The number of hydrogen-bond acceptors (Lipinski definition) is 3. The Kier molecular flexibility index (Phi) is 9.03. The number of aromatic nitrogens is 1. The van der Waals surface area contributed by atoms with Gasteiger partial charge in [0.2, 0.25) is 0 Å². The topological polar surface area (TPSA) is 11.4 Å². The summed E-state index contributed by atoms with van der Waals surface area (Å²) in [4.78, 5) is 5.28. The van der Waals surface area contributed by atoms with Crippen molar-refractivity contribution in [2.24, 2.45) is 0 Å². The number of nitrogens with zero attached hydrogens (tertiary/aromatic N) is 3. The van der Waals surface area contributed by atoms with E-state index in [0.717, 1.165) is 0 Å². The fourth-order valence-electron chi connectivity index (χ4n) is 12.4. The van der Waals surface area contributed by atoms with Crippen LogP contribution in [-0.2, 0) is 21.7 Å². The SMILES string of the molecule is CC(C)(C)c1ccc(N2c3cccc4c3B(c3cc(-n5c6ccccc6c6ccccc65)c5c(c32)C(C)(C)c2ccccc2-5)c2sc3ccc(C(C)(C)C)cc3c2N4c2ccc(C(C)(C)C)cc2)cc1. The Hall–Kier alpha value is -6.82. The smallest absolute Gasteiger partial charge is 0.264 e. The van der Waals surface area contributed by atoms with Crippen LogP contribution in [0.5, 0.6) is 0 Å². The molecule has 70 heavy (non-hydrogen) atoms. The monoisotopic (exact) mass is 925 g/mol. The molecule has 0 saturated heterocycles. The van der Waals surface area contributed by atoms with E-state index in [9.17, 15) is 0 Å². The molecule has 0 fully saturated rings. The number of rotatable bonds is 3. The van der Waals surface area contributed by atoms with Gasteiger partial charge < -0.3 is 14.4 Å². The second-order valence-electron chi connectivity index (χ2n) is 23.8. The third-order valence-corrected chi connectivity index (χ3v) is 17.2. The van der Waals surface area contributed by atoms with Crippen molar-refractivity contribution in [2.45, 2.75) is 97.8 Å². The Morgan fingerprint density at radius 2 is 0.986 bits per heavy atom. The minimum absolute atomic E-state index is 0.0131. The zero-order valence-electron chi connectivity index (χ0n) is 42.4. The zero-order chi connectivity index (χ0) is 48.4. The van der Waals surface area contributed by atoms with Crippen LogP contribution in [0, 0.1) is 0 Å². The van der Waals surface area contributed by atoms with Crippen molar-refractivity contribution in [3.63, 3.8) is 0 Å². The van der Waals surface area contributed by atoms with Crippen LogP contribution in [0.15, 0.2) is 164 Å². The van der Waals surface area contributed by atoms with Crippen molar-refractivity contribution in [3.05, 3.63) is 192 Å². The predicted molar refractivity (Wildman–Crippen MR) is 304 cm³/mol. The van der Waals surface area contributed by atoms with Gasteiger partial charge in [-0.05, 0) is 127 Å². The summed E-state index contributed by atoms with van der Waals surface area (Å²) in [5, 5.41) is 3.87. The molecule has 0 radical (unpaired) electrons. The molecule has 13 rings (SSSR count). The summed E-state index contributed by atoms with van der Waals surface area (Å²) >= 11 is 1.99. The normalized spacial score (nSPS) is 14.8. The van der Waals surface area contributed by atoms with E-state index < -0.39 is 0 Å². The maximum atomic E-state index is 2.66. The van der Waals surface area contributed by atoms with E-state index in [-0.39, 0.29) is 28.4 Å². The molecule has 8 aromatic carbocycles. The Bertz CT molecular complexity index is 3760. The average molecular weight is 926 g/mol. The number of benzene rings is 8. The number of anilines is 6. The highest BCUT2D eigenvalue weighted by molar-refractivity contribution is 7.33. The molecule has 0 saturated carbocycles. The summed E-state index contributed by atoms with van der Waals surface area (Å²) in [6, 6.07) is 63.3. The van der Waals surface area contributed by atoms with Gasteiger partial charge in [-0.25, -0.2) is 0 Å². The summed E-state index contributed by atoms with van der Waals surface area (Å²) in [7, 11) is 0. The summed E-state index contributed by atoms with van der Waals surface area (Å²) in [6.07, 6.45) is 0. The van der Waals surface area contributed by atoms with Crippen LogP contribution in [0.4, 0.5) is 34.1 Å². The maximum absolute atomic E-state index is 2.66. The lowest BCUT2D eigenvalue weighted by atomic mass is 9.35. The average Bonchev–Trinajstić information content (AvgIpc) is 3.96. The van der Waals surface area contributed by atoms with Crippen molar-refractivity contribution in [2.75, 3.05) is 9.80 Å². The lowest BCUT2D eigenvalue weighted by Gasteiger charge is -2.45. The summed E-state index contributed by atoms with van der Waals surface area (Å²) in [6.45, 7) is 25.8. The minimum atomic E-state index is -0.330. The molecule has 5 heteroatoms. The van der Waals surface area contributed by atoms with Gasteiger partial charge in [-0.3, -0.25) is 0 Å². The number of hydrogen-bond donors (Lipinski definition) is 0. The molecule has 3 nitrogen and oxygen atoms in total. The van der Waals surface area contributed by atoms with E-state index in [1.807, 2.05) is 11.3 Å². The Balaban J connectivity index is 1.21. The molecule has 0 unspecified atom stereocenters. The first-order chi connectivity index (χ1) is 33.4. The predicted octanol–water partition coefficient (Wildman–Crippen LogP) is 16.3. The molecule has 0 bridgehead atoms. The van der Waals surface area contributed by atoms with Crippen molar-refractivity contribution in [1.82, 2.24) is 4.57 Å². The lowest BCUT2D eigenvalue weighted by Crippen LogP contribution is -2.61. The quantitative estimate of drug-likeness (QED) is 0.164. The summed E-state index contributed by atoms with van der Waals surface area (Å²) in [5.41, 5.74) is 23.0. The van der Waals surface area contributed by atoms with Gasteiger partial charge in [-0.2, -0.15) is 0 Å². The van der Waals surface area contributed by atoms with E-state index in [2.05, 4.69) is 254 Å². The van der Waals surface area contributed by atoms with Crippen molar-refractivity contribution >= 4 is 99.8 Å². The van der Waals surface area contributed by atoms with Crippen molar-refractivity contribution < 1.29 is 0 Å². The number of fused-ring (bicyclic) bond motifs is 13. The maximum Gasteiger partial charge on any atom is 0.264 e. The van der Waals surface area contributed by atoms with Gasteiger partial charge in [0, 0.05) is 65.1 Å². The Morgan fingerprint density at radius 1 is 0.471 bits per heavy atom. The second kappa shape index (κ2) is 14.6. The molecule has 10 aromatic rings. The molecule has 0 N–H and O–H groups in total. The molecule has 0 atom stereocenters. The molecular weight excluding hydrogens is 866 g/mol. The molecule has 344 valence electrons. The molecule has 4 heterocycles. The van der Waals surface area contributed by atoms with Crippen molar-refractivity contribution in [1.29, 1.82) is 0 Å². The number of thiophene rings is 1. The van der Waals surface area contributed by atoms with Crippen LogP contribution < -0.4 is 25.5 Å². The van der Waals surface area contributed by atoms with Crippen LogP contribution in [0.1, 0.15) is 104 Å². The van der Waals surface area contributed by atoms with Crippen LogP contribution in [-0.4, -0.2) is 11.3 Å². The fraction of sp³-hybridized carbons (Fsp3) is 0.231. The Morgan fingerprint density at radius 3 is 1.56 bits per heavy atom. The van der Waals surface area contributed by atoms with Crippen LogP contribution >= 0.6 is 11.3 Å². The van der Waals surface area contributed by atoms with E-state index in [1.165, 1.54) is 126 Å². The molecule has 2 aliphatic heterocycles. The molecule has 0 spiro atoms. The van der Waals surface area contributed by atoms with Gasteiger partial charge in [0.05, 0.1) is 22.4 Å². The third kappa shape index (κ3) is 6.06. The van der Waals surface area contributed by atoms with Gasteiger partial charge in [-0.1, -0.05) is 173 Å². The van der Waals surface area contributed by atoms with Gasteiger partial charge in [0.1, 0.15) is 0 Å². The first-order valence-electron chi connectivity index (χ1n) is 25.2. The molecule has 2 aromatic heterocycles. The molecule has 3 aliphatic rings. The third-order valence-electron chi connectivity index (χ3n) is 16.0. The molecule has 0 amide bonds. The molecular formula is C65H60BN3S. The molecule has 1 aliphatic carbocycles. The number of para-hydroxylation sites is 2. The van der Waals surface area contributed by atoms with E-state index >= 15 is 0 Å². The van der Waals surface area contributed by atoms with Crippen LogP contribution in [0.3, 0.4) is 0 Å². The highest BCUT2D eigenvalue weighted by Crippen LogP contribution is 2.58. The van der Waals surface area contributed by atoms with Crippen LogP contribution in [0.25, 0.3) is 48.7 Å². The largest absolute Gasteiger partial charge is 0.311 e. The van der Waals surface area contributed by atoms with E-state index in [1.54, 1.807) is 0 Å². The van der Waals surface area contributed by atoms with Gasteiger partial charge in [0.15, 0.2) is 0 Å². The van der Waals surface area contributed by atoms with Gasteiger partial charge in [-0.15, -0.1) is 11.3 Å². The standard InChI is InChI=1S/C65H60BN3S/c1-62(2,3)39-27-32-42(33-28-39)67-52-25-18-26-53-58(52)66(61-59(67)47-37-41(64(7,8)9)31-36-55(47)70-61)49-38-54(69-50-23-16-13-19-44(50)45-20-14-17-24-51(45)69)56-46-21-12-15-22-48(46)65(10,11)57(56)60(49)68(53)43-34-29-40(30-35-43)63(4,5)6/h12-38H,1-11H3. The summed E-state index contributed by atoms with van der Waals surface area (Å²) in [5.74, 6) is 0. The Labute approximate surface area is 418 Å². The summed E-state index contributed by atoms with van der Waals surface area (Å²) < 4.78 is 5.31. The minimum Gasteiger partial charge on any atom is -0.311 e. The van der Waals surface area contributed by atoms with Crippen molar-refractivity contribution in [3.8, 4) is 16.8 Å². The first kappa shape index (κ1) is 43.2. The first-order valence-corrected chi connectivity index (χ1v) is 26.0. The van der Waals surface area contributed by atoms with E-state index in [0.29, 0.717) is 0 Å². The fourth-order valence-corrected chi connectivity index (χ4v) is 13.7. The van der Waals surface area contributed by atoms with Crippen LogP contribution in [0.2, 0.25) is 0 Å². The second-order valence-corrected chi connectivity index (χ2v) is 24.9. The zero-order valence-corrected chi connectivity index (χ0v) is 43.2. The van der Waals surface area contributed by atoms with Gasteiger partial charge >= 0.3 is 0 Å². The van der Waals surface area contributed by atoms with Gasteiger partial charge in [0.25, 0.3) is 6.71 Å². The van der Waals surface area contributed by atoms with E-state index in [4.69, 9.17) is 0 Å². The highest BCUT2D eigenvalue weighted by atomic mass is 32.1.